The second-order valence-electron chi connectivity index (χ2n) is 5.16. The van der Waals surface area contributed by atoms with Crippen molar-refractivity contribution >= 4 is 5.78 Å². The molecule has 2 aromatic carbocycles. The Morgan fingerprint density at radius 2 is 1.79 bits per heavy atom. The highest BCUT2D eigenvalue weighted by Crippen LogP contribution is 2.30. The maximum absolute atomic E-state index is 12.7. The van der Waals surface area contributed by atoms with Gasteiger partial charge < -0.3 is 0 Å². The summed E-state index contributed by atoms with van der Waals surface area (Å²) in [6.07, 6.45) is 2.83. The van der Waals surface area contributed by atoms with Crippen LogP contribution in [0.15, 0.2) is 36.4 Å². The van der Waals surface area contributed by atoms with Gasteiger partial charge in [-0.15, -0.1) is 0 Å². The standard InChI is InChI=1S/C18H18O/c1-3-12-9-13(4-2)17-15(10-12)11-14-7-5-6-8-16(14)18(17)19/h5-10H,3-4,11H2,1-2H3. The number of benzene rings is 2. The zero-order chi connectivity index (χ0) is 13.4. The van der Waals surface area contributed by atoms with Crippen molar-refractivity contribution in [3.8, 4) is 0 Å². The molecule has 0 amide bonds. The van der Waals surface area contributed by atoms with Crippen molar-refractivity contribution in [2.75, 3.05) is 0 Å². The Morgan fingerprint density at radius 1 is 1.00 bits per heavy atom. The monoisotopic (exact) mass is 250 g/mol. The molecule has 3 rings (SSSR count). The van der Waals surface area contributed by atoms with Crippen molar-refractivity contribution in [2.45, 2.75) is 33.1 Å². The van der Waals surface area contributed by atoms with Crippen molar-refractivity contribution in [3.63, 3.8) is 0 Å². The van der Waals surface area contributed by atoms with Gasteiger partial charge >= 0.3 is 0 Å². The van der Waals surface area contributed by atoms with E-state index in [1.165, 1.54) is 16.7 Å². The summed E-state index contributed by atoms with van der Waals surface area (Å²) in [7, 11) is 0. The number of carbonyl (C=O) groups excluding carboxylic acids is 1. The maximum atomic E-state index is 12.7. The number of rotatable bonds is 2. The Kier molecular flexibility index (Phi) is 2.98. The van der Waals surface area contributed by atoms with Gasteiger partial charge in [-0.3, -0.25) is 4.79 Å². The second-order valence-corrected chi connectivity index (χ2v) is 5.16. The number of carbonyl (C=O) groups is 1. The van der Waals surface area contributed by atoms with E-state index in [4.69, 9.17) is 0 Å². The van der Waals surface area contributed by atoms with Gasteiger partial charge in [-0.1, -0.05) is 50.2 Å². The summed E-state index contributed by atoms with van der Waals surface area (Å²) in [5.41, 5.74) is 6.75. The minimum atomic E-state index is 0.205. The Morgan fingerprint density at radius 3 is 2.53 bits per heavy atom. The molecule has 1 aliphatic carbocycles. The average Bonchev–Trinajstić information content (AvgIpc) is 2.46. The molecule has 0 saturated heterocycles. The first-order chi connectivity index (χ1) is 9.24. The fraction of sp³-hybridized carbons (Fsp3) is 0.278. The average molecular weight is 250 g/mol. The van der Waals surface area contributed by atoms with Crippen molar-refractivity contribution in [1.29, 1.82) is 0 Å². The van der Waals surface area contributed by atoms with E-state index in [2.05, 4.69) is 32.0 Å². The van der Waals surface area contributed by atoms with Gasteiger partial charge in [0, 0.05) is 11.1 Å². The fourth-order valence-corrected chi connectivity index (χ4v) is 2.99. The summed E-state index contributed by atoms with van der Waals surface area (Å²) < 4.78 is 0. The number of hydrogen-bond acceptors (Lipinski definition) is 1. The molecule has 0 unspecified atom stereocenters. The molecule has 0 aromatic heterocycles. The largest absolute Gasteiger partial charge is 0.289 e. The minimum Gasteiger partial charge on any atom is -0.289 e. The van der Waals surface area contributed by atoms with Gasteiger partial charge in [-0.05, 0) is 41.5 Å². The number of fused-ring (bicyclic) bond motifs is 2. The highest BCUT2D eigenvalue weighted by molar-refractivity contribution is 6.13. The minimum absolute atomic E-state index is 0.205. The van der Waals surface area contributed by atoms with Gasteiger partial charge in [-0.2, -0.15) is 0 Å². The van der Waals surface area contributed by atoms with Crippen molar-refractivity contribution < 1.29 is 4.79 Å². The summed E-state index contributed by atoms with van der Waals surface area (Å²) in [5.74, 6) is 0.205. The Bertz CT molecular complexity index is 653. The molecule has 0 bridgehead atoms. The third kappa shape index (κ3) is 1.90. The van der Waals surface area contributed by atoms with Crippen LogP contribution in [0, 0.1) is 0 Å². The molecule has 96 valence electrons. The van der Waals surface area contributed by atoms with Crippen LogP contribution < -0.4 is 0 Å². The van der Waals surface area contributed by atoms with Gasteiger partial charge in [-0.25, -0.2) is 0 Å². The summed E-state index contributed by atoms with van der Waals surface area (Å²) in [4.78, 5) is 12.7. The van der Waals surface area contributed by atoms with E-state index in [0.717, 1.165) is 36.0 Å². The quantitative estimate of drug-likeness (QED) is 0.673. The SMILES string of the molecule is CCc1cc(CC)c2c(c1)Cc1ccccc1C2=O. The molecule has 0 atom stereocenters. The van der Waals surface area contributed by atoms with Crippen LogP contribution in [0.25, 0.3) is 0 Å². The van der Waals surface area contributed by atoms with Crippen LogP contribution in [-0.4, -0.2) is 5.78 Å². The molecule has 1 heteroatoms. The fourth-order valence-electron chi connectivity index (χ4n) is 2.99. The second kappa shape index (κ2) is 4.65. The molecular weight excluding hydrogens is 232 g/mol. The first kappa shape index (κ1) is 12.2. The molecule has 0 radical (unpaired) electrons. The zero-order valence-corrected chi connectivity index (χ0v) is 11.5. The summed E-state index contributed by atoms with van der Waals surface area (Å²) in [6.45, 7) is 4.29. The number of aryl methyl sites for hydroxylation is 2. The highest BCUT2D eigenvalue weighted by Gasteiger charge is 2.25. The Hall–Kier alpha value is -1.89. The third-order valence-corrected chi connectivity index (χ3v) is 4.02. The summed E-state index contributed by atoms with van der Waals surface area (Å²) >= 11 is 0. The van der Waals surface area contributed by atoms with Crippen LogP contribution in [0.4, 0.5) is 0 Å². The van der Waals surface area contributed by atoms with Gasteiger partial charge in [0.25, 0.3) is 0 Å². The predicted octanol–water partition coefficient (Wildman–Crippen LogP) is 3.95. The maximum Gasteiger partial charge on any atom is 0.193 e. The molecule has 0 saturated carbocycles. The van der Waals surface area contributed by atoms with E-state index >= 15 is 0 Å². The van der Waals surface area contributed by atoms with Gasteiger partial charge in [0.15, 0.2) is 5.78 Å². The van der Waals surface area contributed by atoms with E-state index in [1.54, 1.807) is 0 Å². The molecule has 19 heavy (non-hydrogen) atoms. The van der Waals surface area contributed by atoms with Crippen LogP contribution in [0.3, 0.4) is 0 Å². The Labute approximate surface area is 114 Å². The van der Waals surface area contributed by atoms with Crippen LogP contribution in [0.2, 0.25) is 0 Å². The number of hydrogen-bond donors (Lipinski definition) is 0. The lowest BCUT2D eigenvalue weighted by Crippen LogP contribution is -2.17. The van der Waals surface area contributed by atoms with Gasteiger partial charge in [0.1, 0.15) is 0 Å². The van der Waals surface area contributed by atoms with Crippen LogP contribution in [0.1, 0.15) is 52.0 Å². The topological polar surface area (TPSA) is 17.1 Å². The van der Waals surface area contributed by atoms with E-state index in [0.29, 0.717) is 0 Å². The first-order valence-corrected chi connectivity index (χ1v) is 7.01. The predicted molar refractivity (Wildman–Crippen MR) is 77.9 cm³/mol. The van der Waals surface area contributed by atoms with E-state index in [1.807, 2.05) is 18.2 Å². The van der Waals surface area contributed by atoms with E-state index in [9.17, 15) is 4.79 Å². The zero-order valence-electron chi connectivity index (χ0n) is 11.5. The summed E-state index contributed by atoms with van der Waals surface area (Å²) in [5, 5.41) is 0. The van der Waals surface area contributed by atoms with E-state index < -0.39 is 0 Å². The molecule has 1 nitrogen and oxygen atoms in total. The van der Waals surface area contributed by atoms with E-state index in [-0.39, 0.29) is 5.78 Å². The molecule has 0 aliphatic heterocycles. The molecule has 0 heterocycles. The van der Waals surface area contributed by atoms with Gasteiger partial charge in [0.2, 0.25) is 0 Å². The van der Waals surface area contributed by atoms with Gasteiger partial charge in [0.05, 0.1) is 0 Å². The lowest BCUT2D eigenvalue weighted by molar-refractivity contribution is 0.103. The lowest BCUT2D eigenvalue weighted by atomic mass is 9.81. The number of ketones is 1. The molecule has 0 fully saturated rings. The van der Waals surface area contributed by atoms with Crippen LogP contribution >= 0.6 is 0 Å². The highest BCUT2D eigenvalue weighted by atomic mass is 16.1. The summed E-state index contributed by atoms with van der Waals surface area (Å²) in [6, 6.07) is 12.4. The normalized spacial score (nSPS) is 13.1. The molecule has 0 spiro atoms. The third-order valence-electron chi connectivity index (χ3n) is 4.02. The Balaban J connectivity index is 2.22. The smallest absolute Gasteiger partial charge is 0.193 e. The van der Waals surface area contributed by atoms with Crippen LogP contribution in [-0.2, 0) is 19.3 Å². The molecule has 0 N–H and O–H groups in total. The van der Waals surface area contributed by atoms with Crippen molar-refractivity contribution in [2.24, 2.45) is 0 Å². The van der Waals surface area contributed by atoms with Crippen molar-refractivity contribution in [1.82, 2.24) is 0 Å². The molecular formula is C18H18O. The van der Waals surface area contributed by atoms with Crippen LogP contribution in [0.5, 0.6) is 0 Å². The lowest BCUT2D eigenvalue weighted by Gasteiger charge is -2.22. The molecule has 1 aliphatic rings. The molecule has 2 aromatic rings. The first-order valence-electron chi connectivity index (χ1n) is 7.01. The van der Waals surface area contributed by atoms with Crippen molar-refractivity contribution in [3.05, 3.63) is 69.8 Å².